The number of piperidine rings is 1. The summed E-state index contributed by atoms with van der Waals surface area (Å²) in [7, 11) is 1.64. The molecule has 1 amide bonds. The maximum Gasteiger partial charge on any atom is 0.225 e. The predicted octanol–water partition coefficient (Wildman–Crippen LogP) is 5.08. The number of nitrogens with zero attached hydrogens (tertiary/aromatic N) is 2. The van der Waals surface area contributed by atoms with Crippen LogP contribution in [0.15, 0.2) is 54.7 Å². The fraction of sp³-hybridized carbons (Fsp3) is 0.385. The smallest absolute Gasteiger partial charge is 0.225 e. The van der Waals surface area contributed by atoms with Gasteiger partial charge in [-0.2, -0.15) is 0 Å². The molecule has 160 valence electrons. The lowest BCUT2D eigenvalue weighted by Crippen LogP contribution is -2.45. The third-order valence-corrected chi connectivity index (χ3v) is 6.62. The topological polar surface area (TPSA) is 51.7 Å². The molecule has 0 bridgehead atoms. The van der Waals surface area contributed by atoms with Gasteiger partial charge in [-0.3, -0.25) is 4.79 Å². The van der Waals surface area contributed by atoms with Crippen molar-refractivity contribution in [2.24, 2.45) is 5.92 Å². The van der Waals surface area contributed by atoms with E-state index in [0.717, 1.165) is 66.4 Å². The van der Waals surface area contributed by atoms with Crippen LogP contribution in [0.1, 0.15) is 32.1 Å². The van der Waals surface area contributed by atoms with E-state index in [4.69, 9.17) is 9.47 Å². The molecule has 2 fully saturated rings. The normalized spacial score (nSPS) is 17.4. The van der Waals surface area contributed by atoms with Gasteiger partial charge in [-0.05, 0) is 59.7 Å². The van der Waals surface area contributed by atoms with E-state index in [1.165, 1.54) is 6.42 Å². The quantitative estimate of drug-likeness (QED) is 0.582. The molecule has 5 rings (SSSR count). The van der Waals surface area contributed by atoms with Crippen LogP contribution in [0.3, 0.4) is 0 Å². The second kappa shape index (κ2) is 8.58. The van der Waals surface area contributed by atoms with E-state index in [1.54, 1.807) is 13.3 Å². The molecule has 2 aromatic carbocycles. The largest absolute Gasteiger partial charge is 0.490 e. The van der Waals surface area contributed by atoms with Gasteiger partial charge in [0.05, 0.1) is 7.11 Å². The molecule has 5 heteroatoms. The first-order chi connectivity index (χ1) is 15.2. The van der Waals surface area contributed by atoms with Gasteiger partial charge in [-0.1, -0.05) is 24.6 Å². The third kappa shape index (κ3) is 4.09. The van der Waals surface area contributed by atoms with Crippen molar-refractivity contribution in [3.8, 4) is 22.8 Å². The number of pyridine rings is 1. The number of benzene rings is 2. The highest BCUT2D eigenvalue weighted by molar-refractivity contribution is 5.90. The number of hydrogen-bond acceptors (Lipinski definition) is 4. The molecule has 2 heterocycles. The lowest BCUT2D eigenvalue weighted by atomic mass is 9.84. The van der Waals surface area contributed by atoms with Gasteiger partial charge in [-0.25, -0.2) is 4.98 Å². The Labute approximate surface area is 183 Å². The van der Waals surface area contributed by atoms with Crippen LogP contribution in [0.4, 0.5) is 0 Å². The van der Waals surface area contributed by atoms with Crippen molar-refractivity contribution in [1.82, 2.24) is 9.88 Å². The number of carbonyl (C=O) groups is 1. The summed E-state index contributed by atoms with van der Waals surface area (Å²) in [6.07, 6.45) is 7.11. The van der Waals surface area contributed by atoms with E-state index in [9.17, 15) is 4.79 Å². The summed E-state index contributed by atoms with van der Waals surface area (Å²) in [4.78, 5) is 18.7. The summed E-state index contributed by atoms with van der Waals surface area (Å²) < 4.78 is 11.6. The van der Waals surface area contributed by atoms with E-state index in [1.807, 2.05) is 23.1 Å². The number of likely N-dealkylation sites (tertiary alicyclic amines) is 1. The fourth-order valence-electron chi connectivity index (χ4n) is 4.52. The maximum atomic E-state index is 12.4. The number of carbonyl (C=O) groups excluding carboxylic acids is 1. The molecule has 0 unspecified atom stereocenters. The van der Waals surface area contributed by atoms with Crippen LogP contribution in [0.25, 0.3) is 21.9 Å². The first-order valence-electron chi connectivity index (χ1n) is 11.2. The van der Waals surface area contributed by atoms with Crippen molar-refractivity contribution in [1.29, 1.82) is 0 Å². The Morgan fingerprint density at radius 3 is 2.39 bits per heavy atom. The van der Waals surface area contributed by atoms with E-state index in [2.05, 4.69) is 35.3 Å². The number of rotatable bonds is 5. The second-order valence-corrected chi connectivity index (χ2v) is 8.55. The van der Waals surface area contributed by atoms with Gasteiger partial charge >= 0.3 is 0 Å². The zero-order valence-electron chi connectivity index (χ0n) is 17.9. The molecule has 1 aromatic heterocycles. The minimum atomic E-state index is 0.178. The second-order valence-electron chi connectivity index (χ2n) is 8.55. The van der Waals surface area contributed by atoms with Crippen LogP contribution >= 0.6 is 0 Å². The van der Waals surface area contributed by atoms with E-state index in [-0.39, 0.29) is 12.0 Å². The summed E-state index contributed by atoms with van der Waals surface area (Å²) >= 11 is 0. The predicted molar refractivity (Wildman–Crippen MR) is 121 cm³/mol. The van der Waals surface area contributed by atoms with E-state index in [0.29, 0.717) is 11.8 Å². The Kier molecular flexibility index (Phi) is 5.49. The highest BCUT2D eigenvalue weighted by Crippen LogP contribution is 2.31. The highest BCUT2D eigenvalue weighted by atomic mass is 16.5. The van der Waals surface area contributed by atoms with Gasteiger partial charge in [0, 0.05) is 43.4 Å². The first kappa shape index (κ1) is 19.9. The summed E-state index contributed by atoms with van der Waals surface area (Å²) in [6.45, 7) is 1.63. The summed E-state index contributed by atoms with van der Waals surface area (Å²) in [5.74, 6) is 2.18. The molecular formula is C26H28N2O3. The molecule has 3 aromatic rings. The Bertz CT molecular complexity index is 1070. The number of aromatic nitrogens is 1. The van der Waals surface area contributed by atoms with Crippen molar-refractivity contribution < 1.29 is 14.3 Å². The molecule has 5 nitrogen and oxygen atoms in total. The molecule has 0 spiro atoms. The van der Waals surface area contributed by atoms with Crippen LogP contribution < -0.4 is 9.47 Å². The Hall–Kier alpha value is -3.08. The molecular weight excluding hydrogens is 388 g/mol. The summed E-state index contributed by atoms with van der Waals surface area (Å²) in [5, 5.41) is 2.11. The molecule has 31 heavy (non-hydrogen) atoms. The zero-order chi connectivity index (χ0) is 21.2. The highest BCUT2D eigenvalue weighted by Gasteiger charge is 2.32. The number of hydrogen-bond donors (Lipinski definition) is 0. The van der Waals surface area contributed by atoms with Crippen LogP contribution in [0, 0.1) is 5.92 Å². The summed E-state index contributed by atoms with van der Waals surface area (Å²) in [6, 6.07) is 16.6. The van der Waals surface area contributed by atoms with Crippen molar-refractivity contribution in [3.63, 3.8) is 0 Å². The Morgan fingerprint density at radius 1 is 0.968 bits per heavy atom. The van der Waals surface area contributed by atoms with Gasteiger partial charge in [0.2, 0.25) is 11.8 Å². The Balaban J connectivity index is 1.22. The molecule has 0 radical (unpaired) electrons. The molecule has 0 atom stereocenters. The van der Waals surface area contributed by atoms with Gasteiger partial charge in [0.25, 0.3) is 0 Å². The van der Waals surface area contributed by atoms with Crippen LogP contribution in [-0.4, -0.2) is 42.1 Å². The maximum absolute atomic E-state index is 12.4. The van der Waals surface area contributed by atoms with Crippen molar-refractivity contribution in [2.75, 3.05) is 20.2 Å². The van der Waals surface area contributed by atoms with Gasteiger partial charge in [0.15, 0.2) is 0 Å². The van der Waals surface area contributed by atoms with Crippen LogP contribution in [0.5, 0.6) is 11.6 Å². The van der Waals surface area contributed by atoms with Gasteiger partial charge in [-0.15, -0.1) is 0 Å². The lowest BCUT2D eigenvalue weighted by Gasteiger charge is -2.36. The van der Waals surface area contributed by atoms with Gasteiger partial charge < -0.3 is 14.4 Å². The third-order valence-electron chi connectivity index (χ3n) is 6.62. The minimum absolute atomic E-state index is 0.178. The van der Waals surface area contributed by atoms with Gasteiger partial charge in [0.1, 0.15) is 11.9 Å². The average Bonchev–Trinajstić information content (AvgIpc) is 2.78. The standard InChI is InChI=1S/C26H28N2O3/c1-30-25-24-10-7-20(17-21(24)11-14-27-25)18-5-8-22(9-6-18)31-23-12-15-28(16-13-23)26(29)19-3-2-4-19/h5-11,14,17,19,23H,2-4,12-13,15-16H2,1H3. The van der Waals surface area contributed by atoms with E-state index >= 15 is 0 Å². The number of amides is 1. The monoisotopic (exact) mass is 416 g/mol. The average molecular weight is 417 g/mol. The molecule has 2 aliphatic rings. The first-order valence-corrected chi connectivity index (χ1v) is 11.2. The molecule has 1 aliphatic carbocycles. The number of fused-ring (bicyclic) bond motifs is 1. The van der Waals surface area contributed by atoms with Crippen molar-refractivity contribution in [3.05, 3.63) is 54.7 Å². The SMILES string of the molecule is COc1nccc2cc(-c3ccc(OC4CCN(C(=O)C5CCC5)CC4)cc3)ccc12. The van der Waals surface area contributed by atoms with Crippen molar-refractivity contribution >= 4 is 16.7 Å². The van der Waals surface area contributed by atoms with E-state index < -0.39 is 0 Å². The van der Waals surface area contributed by atoms with Crippen molar-refractivity contribution in [2.45, 2.75) is 38.2 Å². The number of ether oxygens (including phenoxy) is 2. The molecule has 1 saturated carbocycles. The fourth-order valence-corrected chi connectivity index (χ4v) is 4.52. The zero-order valence-corrected chi connectivity index (χ0v) is 17.9. The lowest BCUT2D eigenvalue weighted by molar-refractivity contribution is -0.140. The summed E-state index contributed by atoms with van der Waals surface area (Å²) in [5.41, 5.74) is 2.29. The minimum Gasteiger partial charge on any atom is -0.490 e. The molecule has 0 N–H and O–H groups in total. The molecule has 1 saturated heterocycles. The van der Waals surface area contributed by atoms with Crippen LogP contribution in [-0.2, 0) is 4.79 Å². The molecule has 1 aliphatic heterocycles. The number of methoxy groups -OCH3 is 1. The Morgan fingerprint density at radius 2 is 1.71 bits per heavy atom. The van der Waals surface area contributed by atoms with Crippen LogP contribution in [0.2, 0.25) is 0 Å².